The summed E-state index contributed by atoms with van der Waals surface area (Å²) in [4.78, 5) is 35.8. The normalized spacial score (nSPS) is 17.0. The number of nitrogens with zero attached hydrogens (tertiary/aromatic N) is 6. The second-order valence-electron chi connectivity index (χ2n) is 12.1. The molecule has 0 radical (unpaired) electrons. The molecule has 2 aromatic rings. The van der Waals surface area contributed by atoms with E-state index in [0.29, 0.717) is 36.7 Å². The van der Waals surface area contributed by atoms with Crippen molar-refractivity contribution in [2.75, 3.05) is 44.2 Å². The summed E-state index contributed by atoms with van der Waals surface area (Å²) in [6.07, 6.45) is 3.10. The molecule has 0 aliphatic carbocycles. The molecule has 0 saturated carbocycles. The Balaban J connectivity index is 1.63. The van der Waals surface area contributed by atoms with Crippen LogP contribution in [-0.4, -0.2) is 88.7 Å². The minimum atomic E-state index is -0.738. The number of aryl methyl sites for hydroxylation is 1. The molecular weight excluding hydrogens is 541 g/mol. The van der Waals surface area contributed by atoms with Crippen molar-refractivity contribution in [3.63, 3.8) is 0 Å². The summed E-state index contributed by atoms with van der Waals surface area (Å²) in [7, 11) is 0. The van der Waals surface area contributed by atoms with E-state index in [-0.39, 0.29) is 40.9 Å². The van der Waals surface area contributed by atoms with Crippen LogP contribution in [0, 0.1) is 24.1 Å². The number of benzene rings is 1. The van der Waals surface area contributed by atoms with Gasteiger partial charge in [0.15, 0.2) is 23.1 Å². The number of hydrogen-bond donors (Lipinski definition) is 1. The van der Waals surface area contributed by atoms with E-state index in [1.54, 1.807) is 11.8 Å². The summed E-state index contributed by atoms with van der Waals surface area (Å²) >= 11 is 0. The van der Waals surface area contributed by atoms with Crippen LogP contribution in [0.25, 0.3) is 0 Å². The molecule has 2 aliphatic heterocycles. The summed E-state index contributed by atoms with van der Waals surface area (Å²) < 4.78 is 25.9. The highest BCUT2D eigenvalue weighted by Crippen LogP contribution is 2.45. The van der Waals surface area contributed by atoms with E-state index >= 15 is 0 Å². The van der Waals surface area contributed by atoms with Gasteiger partial charge in [0.2, 0.25) is 0 Å². The van der Waals surface area contributed by atoms with Crippen LogP contribution in [-0.2, 0) is 4.79 Å². The van der Waals surface area contributed by atoms with Crippen molar-refractivity contribution in [2.24, 2.45) is 17.1 Å². The smallest absolute Gasteiger partial charge is 0.298 e. The van der Waals surface area contributed by atoms with Gasteiger partial charge in [0.25, 0.3) is 18.3 Å². The molecule has 1 amide bonds. The minimum Gasteiger partial charge on any atom is -0.430 e. The number of rotatable bonds is 13. The average molecular weight is 586 g/mol. The van der Waals surface area contributed by atoms with Gasteiger partial charge in [-0.15, -0.1) is 10.2 Å². The first kappa shape index (κ1) is 31.6. The monoisotopic (exact) mass is 585 g/mol. The summed E-state index contributed by atoms with van der Waals surface area (Å²) in [6.45, 7) is 16.6. The predicted molar refractivity (Wildman–Crippen MR) is 157 cm³/mol. The Labute approximate surface area is 247 Å². The van der Waals surface area contributed by atoms with Gasteiger partial charge in [-0.2, -0.15) is 0 Å². The van der Waals surface area contributed by atoms with Crippen LogP contribution in [0.4, 0.5) is 10.2 Å². The van der Waals surface area contributed by atoms with Gasteiger partial charge in [0.1, 0.15) is 5.82 Å². The van der Waals surface area contributed by atoms with E-state index in [1.165, 1.54) is 0 Å². The Hall–Kier alpha value is -3.38. The Morgan fingerprint density at radius 1 is 1.21 bits per heavy atom. The van der Waals surface area contributed by atoms with Crippen molar-refractivity contribution >= 4 is 18.2 Å². The van der Waals surface area contributed by atoms with Gasteiger partial charge < -0.3 is 25.0 Å². The molecule has 11 nitrogen and oxygen atoms in total. The fraction of sp³-hybridized carbons (Fsp3) is 0.633. The van der Waals surface area contributed by atoms with Crippen LogP contribution < -0.4 is 20.1 Å². The summed E-state index contributed by atoms with van der Waals surface area (Å²) in [5, 5.41) is 8.37. The van der Waals surface area contributed by atoms with Crippen LogP contribution in [0.15, 0.2) is 12.1 Å². The Bertz CT molecular complexity index is 1270. The number of aromatic nitrogens is 3. The number of nitrogens with two attached hydrogens (primary N) is 1. The van der Waals surface area contributed by atoms with E-state index in [1.807, 2.05) is 20.8 Å². The van der Waals surface area contributed by atoms with E-state index < -0.39 is 11.7 Å². The molecule has 2 N–H and O–H groups in total. The number of hydrogen-bond acceptors (Lipinski definition) is 10. The zero-order valence-electron chi connectivity index (χ0n) is 25.6. The van der Waals surface area contributed by atoms with Gasteiger partial charge in [-0.05, 0) is 65.5 Å². The molecule has 4 rings (SSSR count). The van der Waals surface area contributed by atoms with Crippen molar-refractivity contribution in [1.82, 2.24) is 25.0 Å². The average Bonchev–Trinajstić information content (AvgIpc) is 3.36. The Kier molecular flexibility index (Phi) is 9.98. The van der Waals surface area contributed by atoms with Gasteiger partial charge >= 0.3 is 0 Å². The summed E-state index contributed by atoms with van der Waals surface area (Å²) in [5.41, 5.74) is 5.84. The molecule has 0 bridgehead atoms. The van der Waals surface area contributed by atoms with Gasteiger partial charge in [-0.3, -0.25) is 14.5 Å². The highest BCUT2D eigenvalue weighted by atomic mass is 19.1. The predicted octanol–water partition coefficient (Wildman–Crippen LogP) is 3.79. The van der Waals surface area contributed by atoms with Crippen LogP contribution in [0.5, 0.6) is 17.4 Å². The molecular formula is C30H44FN7O4. The Morgan fingerprint density at radius 2 is 1.95 bits per heavy atom. The lowest BCUT2D eigenvalue weighted by Crippen LogP contribution is -2.62. The molecule has 3 heterocycles. The molecule has 42 heavy (non-hydrogen) atoms. The maximum atomic E-state index is 14.6. The molecule has 1 aromatic carbocycles. The lowest BCUT2D eigenvalue weighted by molar-refractivity contribution is -0.120. The van der Waals surface area contributed by atoms with Gasteiger partial charge in [-0.25, -0.2) is 9.37 Å². The van der Waals surface area contributed by atoms with Gasteiger partial charge in [0, 0.05) is 56.3 Å². The van der Waals surface area contributed by atoms with Gasteiger partial charge in [-0.1, -0.05) is 13.8 Å². The van der Waals surface area contributed by atoms with Gasteiger partial charge in [0.05, 0.1) is 5.56 Å². The second kappa shape index (κ2) is 13.3. The maximum Gasteiger partial charge on any atom is 0.298 e. The fourth-order valence-corrected chi connectivity index (χ4v) is 6.31. The van der Waals surface area contributed by atoms with Crippen LogP contribution in [0.2, 0.25) is 0 Å². The standard InChI is InChI=1S/C30H44FN7O4/c1-7-38(20(4)5)29(40)23-13-22(31)14-25(41-18-39)26(23)42-28-27(33-21(6)34-35-28)36-12-10-30(15-36)16-37(17-30)24(19(2)3)9-8-11-32/h13-14,18-20,24H,7-12,15-17,32H2,1-6H3/t24-/m1/s1. The summed E-state index contributed by atoms with van der Waals surface area (Å²) in [5.74, 6) is 0.0117. The van der Waals surface area contributed by atoms with Crippen LogP contribution in [0.1, 0.15) is 70.1 Å². The zero-order valence-corrected chi connectivity index (χ0v) is 25.6. The third kappa shape index (κ3) is 6.64. The molecule has 1 aromatic heterocycles. The first-order valence-electron chi connectivity index (χ1n) is 14.9. The number of likely N-dealkylation sites (tertiary alicyclic amines) is 1. The molecule has 1 atom stereocenters. The number of ether oxygens (including phenoxy) is 2. The minimum absolute atomic E-state index is 0.0563. The first-order valence-corrected chi connectivity index (χ1v) is 14.9. The maximum absolute atomic E-state index is 14.6. The largest absolute Gasteiger partial charge is 0.430 e. The highest BCUT2D eigenvalue weighted by Gasteiger charge is 2.50. The lowest BCUT2D eigenvalue weighted by Gasteiger charge is -2.53. The SMILES string of the molecule is CCN(C(=O)c1cc(F)cc(OC=O)c1Oc1nnc(C)nc1N1CCC2(C1)CN([C@H](CCCN)C(C)C)C2)C(C)C. The fourth-order valence-electron chi connectivity index (χ4n) is 6.31. The van der Waals surface area contributed by atoms with E-state index in [0.717, 1.165) is 57.6 Å². The molecule has 1 spiro atoms. The lowest BCUT2D eigenvalue weighted by atomic mass is 9.76. The van der Waals surface area contributed by atoms with Crippen molar-refractivity contribution in [3.8, 4) is 17.4 Å². The zero-order chi connectivity index (χ0) is 30.6. The van der Waals surface area contributed by atoms with Crippen molar-refractivity contribution in [1.29, 1.82) is 0 Å². The van der Waals surface area contributed by atoms with E-state index in [9.17, 15) is 14.0 Å². The Morgan fingerprint density at radius 3 is 2.57 bits per heavy atom. The van der Waals surface area contributed by atoms with E-state index in [2.05, 4.69) is 38.8 Å². The second-order valence-corrected chi connectivity index (χ2v) is 12.1. The number of carbonyl (C=O) groups excluding carboxylic acids is 2. The van der Waals surface area contributed by atoms with Crippen LogP contribution >= 0.6 is 0 Å². The topological polar surface area (TPSA) is 127 Å². The van der Waals surface area contributed by atoms with E-state index in [4.69, 9.17) is 15.2 Å². The molecule has 2 saturated heterocycles. The van der Waals surface area contributed by atoms with Crippen molar-refractivity contribution in [2.45, 2.75) is 72.9 Å². The molecule has 230 valence electrons. The number of anilines is 1. The van der Waals surface area contributed by atoms with Crippen LogP contribution in [0.3, 0.4) is 0 Å². The third-order valence-electron chi connectivity index (χ3n) is 8.35. The molecule has 2 fully saturated rings. The summed E-state index contributed by atoms with van der Waals surface area (Å²) in [6, 6.07) is 2.44. The molecule has 0 unspecified atom stereocenters. The number of halogens is 1. The quantitative estimate of drug-likeness (QED) is 0.347. The number of amides is 1. The highest BCUT2D eigenvalue weighted by molar-refractivity contribution is 5.98. The third-order valence-corrected chi connectivity index (χ3v) is 8.35. The van der Waals surface area contributed by atoms with Crippen molar-refractivity contribution < 1.29 is 23.5 Å². The molecule has 2 aliphatic rings. The first-order chi connectivity index (χ1) is 20.0. The van der Waals surface area contributed by atoms with Crippen molar-refractivity contribution in [3.05, 3.63) is 29.3 Å². The number of carbonyl (C=O) groups is 2. The molecule has 12 heteroatoms.